The minimum Gasteiger partial charge on any atom is -0.301 e. The van der Waals surface area contributed by atoms with Crippen LogP contribution in [0.5, 0.6) is 0 Å². The number of hydrogen-bond acceptors (Lipinski definition) is 1. The average Bonchev–Trinajstić information content (AvgIpc) is 2.80. The Morgan fingerprint density at radius 2 is 2.00 bits per heavy atom. The Morgan fingerprint density at radius 1 is 1.42 bits per heavy atom. The summed E-state index contributed by atoms with van der Waals surface area (Å²) in [6, 6.07) is 0.700. The predicted octanol–water partition coefficient (Wildman–Crippen LogP) is 2.89. The first-order valence-corrected chi connectivity index (χ1v) is 6.06. The zero-order chi connectivity index (χ0) is 9.19. The van der Waals surface area contributed by atoms with Gasteiger partial charge in [-0.25, -0.2) is 0 Å². The van der Waals surface area contributed by atoms with Gasteiger partial charge in [-0.2, -0.15) is 0 Å². The fourth-order valence-electron chi connectivity index (χ4n) is 1.60. The Hall–Kier alpha value is 0.440. The summed E-state index contributed by atoms with van der Waals surface area (Å²) in [6.45, 7) is 9.30. The quantitative estimate of drug-likeness (QED) is 0.661. The van der Waals surface area contributed by atoms with Gasteiger partial charge in [0.1, 0.15) is 0 Å². The molecule has 0 aromatic rings. The van der Waals surface area contributed by atoms with E-state index in [4.69, 9.17) is 0 Å². The van der Waals surface area contributed by atoms with Crippen molar-refractivity contribution in [1.82, 2.24) is 4.90 Å². The van der Waals surface area contributed by atoms with Gasteiger partial charge >= 0.3 is 0 Å². The molecule has 0 radical (unpaired) electrons. The lowest BCUT2D eigenvalue weighted by atomic mass is 10.1. The Bertz CT molecular complexity index is 141. The molecule has 2 heteroatoms. The lowest BCUT2D eigenvalue weighted by Crippen LogP contribution is -2.36. The molecule has 1 saturated carbocycles. The lowest BCUT2D eigenvalue weighted by Gasteiger charge is -2.28. The third kappa shape index (κ3) is 2.46. The second-order valence-electron chi connectivity index (χ2n) is 4.29. The van der Waals surface area contributed by atoms with Crippen LogP contribution in [0.1, 0.15) is 33.6 Å². The number of hydrogen-bond donors (Lipinski definition) is 0. The van der Waals surface area contributed by atoms with E-state index in [1.807, 2.05) is 0 Å². The fraction of sp³-hybridized carbons (Fsp3) is 1.00. The van der Waals surface area contributed by atoms with Crippen molar-refractivity contribution in [2.24, 2.45) is 5.41 Å². The van der Waals surface area contributed by atoms with Gasteiger partial charge in [-0.05, 0) is 38.6 Å². The molecule has 0 aliphatic heterocycles. The fourth-order valence-corrected chi connectivity index (χ4v) is 2.34. The maximum atomic E-state index is 3.61. The molecule has 1 aliphatic rings. The summed E-state index contributed by atoms with van der Waals surface area (Å²) >= 11 is 3.61. The van der Waals surface area contributed by atoms with Crippen LogP contribution in [0.4, 0.5) is 0 Å². The summed E-state index contributed by atoms with van der Waals surface area (Å²) < 4.78 is 0. The van der Waals surface area contributed by atoms with E-state index in [0.717, 1.165) is 0 Å². The number of halogens is 1. The zero-order valence-corrected chi connectivity index (χ0v) is 10.0. The van der Waals surface area contributed by atoms with Crippen LogP contribution >= 0.6 is 15.9 Å². The van der Waals surface area contributed by atoms with Gasteiger partial charge in [-0.15, -0.1) is 0 Å². The van der Waals surface area contributed by atoms with Crippen LogP contribution in [0.3, 0.4) is 0 Å². The second kappa shape index (κ2) is 4.10. The summed E-state index contributed by atoms with van der Waals surface area (Å²) in [5, 5.41) is 1.18. The minimum absolute atomic E-state index is 0.639. The lowest BCUT2D eigenvalue weighted by molar-refractivity contribution is 0.196. The largest absolute Gasteiger partial charge is 0.301 e. The smallest absolute Gasteiger partial charge is 0.0100 e. The molecule has 0 aromatic heterocycles. The maximum absolute atomic E-state index is 3.61. The summed E-state index contributed by atoms with van der Waals surface area (Å²) in [5.74, 6) is 0. The number of nitrogens with zero attached hydrogens (tertiary/aromatic N) is 1. The maximum Gasteiger partial charge on any atom is 0.0100 e. The SMILES string of the molecule is CCN(CC1(CBr)CC1)C(C)C. The summed E-state index contributed by atoms with van der Waals surface area (Å²) in [4.78, 5) is 2.56. The molecule has 12 heavy (non-hydrogen) atoms. The molecule has 1 aliphatic carbocycles. The van der Waals surface area contributed by atoms with Gasteiger partial charge in [-0.3, -0.25) is 0 Å². The Morgan fingerprint density at radius 3 is 2.25 bits per heavy atom. The van der Waals surface area contributed by atoms with E-state index >= 15 is 0 Å². The van der Waals surface area contributed by atoms with Crippen LogP contribution in [0.25, 0.3) is 0 Å². The molecule has 0 spiro atoms. The summed E-state index contributed by atoms with van der Waals surface area (Å²) in [7, 11) is 0. The van der Waals surface area contributed by atoms with Crippen LogP contribution in [0.15, 0.2) is 0 Å². The zero-order valence-electron chi connectivity index (χ0n) is 8.44. The molecule has 0 amide bonds. The highest BCUT2D eigenvalue weighted by atomic mass is 79.9. The first-order chi connectivity index (χ1) is 5.63. The van der Waals surface area contributed by atoms with E-state index in [1.165, 1.54) is 31.3 Å². The van der Waals surface area contributed by atoms with Crippen molar-refractivity contribution < 1.29 is 0 Å². The van der Waals surface area contributed by atoms with Gasteiger partial charge in [0.2, 0.25) is 0 Å². The van der Waals surface area contributed by atoms with Crippen LogP contribution in [-0.4, -0.2) is 29.4 Å². The van der Waals surface area contributed by atoms with Crippen molar-refractivity contribution in [3.63, 3.8) is 0 Å². The number of alkyl halides is 1. The monoisotopic (exact) mass is 233 g/mol. The Balaban J connectivity index is 2.37. The van der Waals surface area contributed by atoms with E-state index in [0.29, 0.717) is 11.5 Å². The first kappa shape index (κ1) is 10.5. The molecule has 0 atom stereocenters. The van der Waals surface area contributed by atoms with Crippen LogP contribution in [0.2, 0.25) is 0 Å². The van der Waals surface area contributed by atoms with Gasteiger partial charge in [0.05, 0.1) is 0 Å². The van der Waals surface area contributed by atoms with Crippen molar-refractivity contribution >= 4 is 15.9 Å². The average molecular weight is 234 g/mol. The molecule has 0 N–H and O–H groups in total. The molecular formula is C10H20BrN. The van der Waals surface area contributed by atoms with Crippen molar-refractivity contribution in [3.8, 4) is 0 Å². The molecule has 72 valence electrons. The van der Waals surface area contributed by atoms with Gasteiger partial charge < -0.3 is 4.90 Å². The molecule has 0 unspecified atom stereocenters. The standard InChI is InChI=1S/C10H20BrN/c1-4-12(9(2)3)8-10(7-11)5-6-10/h9H,4-8H2,1-3H3. The first-order valence-electron chi connectivity index (χ1n) is 4.93. The normalized spacial score (nSPS) is 20.5. The van der Waals surface area contributed by atoms with Crippen molar-refractivity contribution in [1.29, 1.82) is 0 Å². The molecule has 1 fully saturated rings. The molecule has 1 nitrogen and oxygen atoms in total. The third-order valence-electron chi connectivity index (χ3n) is 2.92. The van der Waals surface area contributed by atoms with Crippen LogP contribution in [-0.2, 0) is 0 Å². The highest BCUT2D eigenvalue weighted by Gasteiger charge is 2.42. The second-order valence-corrected chi connectivity index (χ2v) is 4.85. The van der Waals surface area contributed by atoms with E-state index < -0.39 is 0 Å². The predicted molar refractivity (Wildman–Crippen MR) is 57.8 cm³/mol. The van der Waals surface area contributed by atoms with E-state index in [-0.39, 0.29) is 0 Å². The van der Waals surface area contributed by atoms with Gasteiger partial charge in [0, 0.05) is 17.9 Å². The van der Waals surface area contributed by atoms with E-state index in [2.05, 4.69) is 41.6 Å². The highest BCUT2D eigenvalue weighted by molar-refractivity contribution is 9.09. The summed E-state index contributed by atoms with van der Waals surface area (Å²) in [5.41, 5.74) is 0.639. The number of rotatable bonds is 5. The van der Waals surface area contributed by atoms with Gasteiger partial charge in [-0.1, -0.05) is 22.9 Å². The Labute approximate surface area is 84.6 Å². The van der Waals surface area contributed by atoms with Gasteiger partial charge in [0.15, 0.2) is 0 Å². The Kier molecular flexibility index (Phi) is 3.59. The topological polar surface area (TPSA) is 3.24 Å². The highest BCUT2D eigenvalue weighted by Crippen LogP contribution is 2.47. The van der Waals surface area contributed by atoms with E-state index in [1.54, 1.807) is 0 Å². The molecular weight excluding hydrogens is 214 g/mol. The summed E-state index contributed by atoms with van der Waals surface area (Å²) in [6.07, 6.45) is 2.84. The van der Waals surface area contributed by atoms with Crippen molar-refractivity contribution in [3.05, 3.63) is 0 Å². The van der Waals surface area contributed by atoms with Crippen molar-refractivity contribution in [2.45, 2.75) is 39.7 Å². The molecule has 0 bridgehead atoms. The molecule has 0 heterocycles. The van der Waals surface area contributed by atoms with Crippen molar-refractivity contribution in [2.75, 3.05) is 18.4 Å². The molecule has 1 rings (SSSR count). The van der Waals surface area contributed by atoms with E-state index in [9.17, 15) is 0 Å². The third-order valence-corrected chi connectivity index (χ3v) is 4.11. The minimum atomic E-state index is 0.639. The van der Waals surface area contributed by atoms with Gasteiger partial charge in [0.25, 0.3) is 0 Å². The molecule has 0 saturated heterocycles. The van der Waals surface area contributed by atoms with Crippen LogP contribution in [0, 0.1) is 5.41 Å². The molecule has 0 aromatic carbocycles. The van der Waals surface area contributed by atoms with Crippen LogP contribution < -0.4 is 0 Å².